The van der Waals surface area contributed by atoms with Crippen molar-refractivity contribution >= 4 is 46.7 Å². The fourth-order valence-electron chi connectivity index (χ4n) is 11.1. The van der Waals surface area contributed by atoms with Crippen LogP contribution in [0.15, 0.2) is 45.4 Å². The zero-order valence-electron chi connectivity index (χ0n) is 43.0. The zero-order chi connectivity index (χ0) is 50.6. The predicted octanol–water partition coefficient (Wildman–Crippen LogP) is 14.9. The summed E-state index contributed by atoms with van der Waals surface area (Å²) in [6.45, 7) is 18.6. The van der Waals surface area contributed by atoms with Crippen molar-refractivity contribution < 1.29 is 38.1 Å². The second-order valence-corrected chi connectivity index (χ2v) is 24.2. The third-order valence-electron chi connectivity index (χ3n) is 14.5. The van der Waals surface area contributed by atoms with E-state index in [-0.39, 0.29) is 62.0 Å². The number of ether oxygens (including phenoxy) is 1. The van der Waals surface area contributed by atoms with Crippen LogP contribution < -0.4 is 0 Å². The molecule has 4 saturated carbocycles. The molecular formula is C58H76Cl2N2O8. The van der Waals surface area contributed by atoms with Crippen LogP contribution >= 0.6 is 23.2 Å². The molecule has 2 aromatic carbocycles. The van der Waals surface area contributed by atoms with Crippen LogP contribution in [0, 0.1) is 37.5 Å². The molecule has 2 aromatic heterocycles. The number of carboxylic acids is 1. The highest BCUT2D eigenvalue weighted by atomic mass is 35.5. The van der Waals surface area contributed by atoms with Gasteiger partial charge in [-0.1, -0.05) is 96.6 Å². The maximum Gasteiger partial charge on any atom is 0.306 e. The molecule has 70 heavy (non-hydrogen) atoms. The molecule has 12 heteroatoms. The van der Waals surface area contributed by atoms with Crippen LogP contribution in [-0.2, 0) is 36.8 Å². The lowest BCUT2D eigenvalue weighted by Gasteiger charge is -2.35. The normalized spacial score (nSPS) is 20.8. The van der Waals surface area contributed by atoms with Crippen molar-refractivity contribution in [1.82, 2.24) is 10.3 Å². The Labute approximate surface area is 425 Å². The monoisotopic (exact) mass is 998 g/mol. The summed E-state index contributed by atoms with van der Waals surface area (Å²) in [5.74, 6) is 4.32. The maximum atomic E-state index is 13.3. The van der Waals surface area contributed by atoms with Crippen LogP contribution in [0.25, 0.3) is 0 Å². The van der Waals surface area contributed by atoms with Gasteiger partial charge < -0.3 is 18.9 Å². The summed E-state index contributed by atoms with van der Waals surface area (Å²) in [7, 11) is 0. The second kappa shape index (κ2) is 23.1. The van der Waals surface area contributed by atoms with Gasteiger partial charge in [0.25, 0.3) is 0 Å². The summed E-state index contributed by atoms with van der Waals surface area (Å²) in [6.07, 6.45) is 12.1. The summed E-state index contributed by atoms with van der Waals surface area (Å²) in [6, 6.07) is 11.4. The van der Waals surface area contributed by atoms with Crippen molar-refractivity contribution in [1.29, 1.82) is 0 Å². The van der Waals surface area contributed by atoms with Crippen LogP contribution in [0.1, 0.15) is 230 Å². The van der Waals surface area contributed by atoms with E-state index in [1.165, 1.54) is 18.4 Å². The van der Waals surface area contributed by atoms with E-state index in [0.29, 0.717) is 51.2 Å². The molecule has 2 heterocycles. The first-order chi connectivity index (χ1) is 33.1. The quantitative estimate of drug-likeness (QED) is 0.0754. The van der Waals surface area contributed by atoms with E-state index in [4.69, 9.17) is 37.0 Å². The summed E-state index contributed by atoms with van der Waals surface area (Å²) in [5, 5.41) is 19.7. The van der Waals surface area contributed by atoms with Crippen LogP contribution in [0.3, 0.4) is 0 Å². The van der Waals surface area contributed by atoms with Gasteiger partial charge in [-0.2, -0.15) is 0 Å². The van der Waals surface area contributed by atoms with Gasteiger partial charge in [-0.25, -0.2) is 0 Å². The Morgan fingerprint density at radius 3 is 1.40 bits per heavy atom. The third kappa shape index (κ3) is 14.7. The van der Waals surface area contributed by atoms with Crippen LogP contribution in [0.5, 0.6) is 0 Å². The van der Waals surface area contributed by atoms with Gasteiger partial charge in [-0.3, -0.25) is 19.2 Å². The minimum atomic E-state index is -0.923. The number of carbonyl (C=O) groups is 4. The molecule has 2 unspecified atom stereocenters. The highest BCUT2D eigenvalue weighted by molar-refractivity contribution is 6.32. The standard InChI is InChI=1S/C31H42ClNO4.C27H34ClNO4/c1-18(2)11-20-13-24(14-20)30-28(21-8-9-21)29(33-37-30)23(17-27(35)36-31(4,5)6)16-25(34)15-22-12-19(3)7-10-26(22)32;1-15(2)8-17-10-21(11-17)27-25(18-5-6-18)26(29-33-27)20(14-24(31)32)13-22(30)12-19-9-16(3)4-7-23(19)28/h7,10,12,18,20-21,23-24H,8-9,11,13-17H2,1-6H3;4,7,9,15,17-18,20-21H,5-6,8,10-14H2,1-3H3,(H,31,32). The van der Waals surface area contributed by atoms with Crippen molar-refractivity contribution in [3.63, 3.8) is 0 Å². The molecule has 0 amide bonds. The largest absolute Gasteiger partial charge is 0.481 e. The molecule has 0 spiro atoms. The first-order valence-corrected chi connectivity index (χ1v) is 26.8. The molecule has 1 N–H and O–H groups in total. The number of carbonyl (C=O) groups excluding carboxylic acids is 3. The minimum Gasteiger partial charge on any atom is -0.481 e. The number of nitrogens with zero attached hydrogens (tertiary/aromatic N) is 2. The lowest BCUT2D eigenvalue weighted by atomic mass is 9.69. The summed E-state index contributed by atoms with van der Waals surface area (Å²) in [4.78, 5) is 50.9. The number of hydrogen-bond donors (Lipinski definition) is 1. The van der Waals surface area contributed by atoms with E-state index in [0.717, 1.165) is 108 Å². The van der Waals surface area contributed by atoms with Crippen molar-refractivity contribution in [3.05, 3.63) is 103 Å². The Morgan fingerprint density at radius 1 is 0.643 bits per heavy atom. The van der Waals surface area contributed by atoms with E-state index < -0.39 is 17.5 Å². The molecule has 4 aromatic rings. The van der Waals surface area contributed by atoms with Gasteiger partial charge in [0.2, 0.25) is 0 Å². The second-order valence-electron chi connectivity index (χ2n) is 23.4. The highest BCUT2D eigenvalue weighted by Crippen LogP contribution is 2.54. The van der Waals surface area contributed by atoms with Crippen LogP contribution in [0.2, 0.25) is 10.0 Å². The number of carboxylic acid groups (broad SMARTS) is 1. The minimum absolute atomic E-state index is 0.0271. The van der Waals surface area contributed by atoms with Gasteiger partial charge in [0, 0.05) is 70.5 Å². The number of aromatic nitrogens is 2. The SMILES string of the molecule is Cc1ccc(Cl)c(CC(=O)CC(CC(=O)O)c2noc(C3CC(CC(C)C)C3)c2C2CC2)c1.Cc1ccc(Cl)c(CC(=O)CC(CC(=O)OC(C)(C)C)c2noc(C3CC(CC(C)C)C3)c2C2CC2)c1. The van der Waals surface area contributed by atoms with Gasteiger partial charge in [0.15, 0.2) is 0 Å². The van der Waals surface area contributed by atoms with E-state index in [1.54, 1.807) is 6.07 Å². The molecular weight excluding hydrogens is 924 g/mol. The van der Waals surface area contributed by atoms with Gasteiger partial charge in [0.1, 0.15) is 28.7 Å². The first-order valence-electron chi connectivity index (χ1n) is 26.1. The van der Waals surface area contributed by atoms with E-state index in [2.05, 4.69) is 38.0 Å². The van der Waals surface area contributed by atoms with E-state index in [1.807, 2.05) is 65.0 Å². The molecule has 8 rings (SSSR count). The average molecular weight is 1000 g/mol. The summed E-state index contributed by atoms with van der Waals surface area (Å²) >= 11 is 12.7. The molecule has 4 aliphatic carbocycles. The predicted molar refractivity (Wildman–Crippen MR) is 274 cm³/mol. The first kappa shape index (κ1) is 53.5. The molecule has 4 fully saturated rings. The summed E-state index contributed by atoms with van der Waals surface area (Å²) < 4.78 is 17.5. The fourth-order valence-corrected chi connectivity index (χ4v) is 11.5. The number of aryl methyl sites for hydroxylation is 2. The van der Waals surface area contributed by atoms with E-state index in [9.17, 15) is 24.3 Å². The molecule has 4 aliphatic rings. The molecule has 0 bridgehead atoms. The van der Waals surface area contributed by atoms with E-state index >= 15 is 0 Å². The van der Waals surface area contributed by atoms with Gasteiger partial charge in [0.05, 0.1) is 24.2 Å². The Balaban J connectivity index is 0.000000208. The highest BCUT2D eigenvalue weighted by Gasteiger charge is 2.44. The smallest absolute Gasteiger partial charge is 0.306 e. The zero-order valence-corrected chi connectivity index (χ0v) is 44.5. The van der Waals surface area contributed by atoms with Gasteiger partial charge >= 0.3 is 11.9 Å². The fraction of sp³-hybridized carbons (Fsp3) is 0.621. The number of esters is 1. The molecule has 2 atom stereocenters. The van der Waals surface area contributed by atoms with Crippen molar-refractivity contribution in [2.75, 3.05) is 0 Å². The molecule has 0 aliphatic heterocycles. The Morgan fingerprint density at radius 2 is 1.04 bits per heavy atom. The van der Waals surface area contributed by atoms with Gasteiger partial charge in [-0.15, -0.1) is 0 Å². The Bertz CT molecular complexity index is 2480. The van der Waals surface area contributed by atoms with Gasteiger partial charge in [-0.05, 0) is 158 Å². The molecule has 0 saturated heterocycles. The number of ketones is 2. The van der Waals surface area contributed by atoms with Crippen LogP contribution in [-0.4, -0.2) is 44.5 Å². The Hall–Kier alpha value is -4.28. The van der Waals surface area contributed by atoms with Crippen molar-refractivity contribution in [3.8, 4) is 0 Å². The lowest BCUT2D eigenvalue weighted by molar-refractivity contribution is -0.155. The molecule has 380 valence electrons. The third-order valence-corrected chi connectivity index (χ3v) is 15.3. The molecule has 0 radical (unpaired) electrons. The maximum absolute atomic E-state index is 13.3. The average Bonchev–Trinajstić information content (AvgIpc) is 4.17. The van der Waals surface area contributed by atoms with Crippen molar-refractivity contribution in [2.24, 2.45) is 23.7 Å². The van der Waals surface area contributed by atoms with Crippen molar-refractivity contribution in [2.45, 2.75) is 206 Å². The summed E-state index contributed by atoms with van der Waals surface area (Å²) in [5.41, 5.74) is 6.88. The number of benzene rings is 2. The Kier molecular flexibility index (Phi) is 17.6. The number of Topliss-reactive ketones (excluding diaryl/α,β-unsaturated/α-hetero) is 2. The number of aliphatic carboxylic acids is 1. The molecule has 10 nitrogen and oxygen atoms in total. The van der Waals surface area contributed by atoms with Crippen LogP contribution in [0.4, 0.5) is 0 Å². The number of rotatable bonds is 22. The lowest BCUT2D eigenvalue weighted by Crippen LogP contribution is -2.26. The number of halogens is 2. The number of hydrogen-bond acceptors (Lipinski definition) is 9. The topological polar surface area (TPSA) is 150 Å².